The minimum atomic E-state index is -0.275. The summed E-state index contributed by atoms with van der Waals surface area (Å²) in [5.74, 6) is 1.54. The van der Waals surface area contributed by atoms with Crippen LogP contribution in [0.5, 0.6) is 0 Å². The Balaban J connectivity index is 1.45. The molecule has 138 valence electrons. The Kier molecular flexibility index (Phi) is 4.31. The Morgan fingerprint density at radius 2 is 2.12 bits per heavy atom. The molecular formula is C20H25N3O3. The van der Waals surface area contributed by atoms with Crippen LogP contribution in [0.25, 0.3) is 11.4 Å². The molecule has 1 aliphatic heterocycles. The molecule has 2 aromatic rings. The number of esters is 1. The van der Waals surface area contributed by atoms with E-state index in [0.29, 0.717) is 17.3 Å². The molecule has 4 rings (SSSR count). The lowest BCUT2D eigenvalue weighted by atomic mass is 9.57. The molecule has 1 aliphatic carbocycles. The van der Waals surface area contributed by atoms with Gasteiger partial charge < -0.3 is 9.47 Å². The second kappa shape index (κ2) is 6.50. The number of benzene rings is 1. The number of nitrogens with zero attached hydrogens (tertiary/aromatic N) is 2. The zero-order valence-corrected chi connectivity index (χ0v) is 15.5. The van der Waals surface area contributed by atoms with Crippen LogP contribution < -0.4 is 0 Å². The average molecular weight is 355 g/mol. The van der Waals surface area contributed by atoms with Crippen LogP contribution in [-0.2, 0) is 15.9 Å². The third-order valence-corrected chi connectivity index (χ3v) is 5.70. The van der Waals surface area contributed by atoms with Crippen LogP contribution in [0, 0.1) is 11.3 Å². The van der Waals surface area contributed by atoms with Gasteiger partial charge in [0.05, 0.1) is 11.7 Å². The van der Waals surface area contributed by atoms with Crippen molar-refractivity contribution < 1.29 is 14.3 Å². The normalized spacial score (nSPS) is 26.7. The molecule has 2 aliphatic rings. The van der Waals surface area contributed by atoms with Crippen LogP contribution in [0.1, 0.15) is 49.8 Å². The average Bonchev–Trinajstić information content (AvgIpc) is 3.15. The van der Waals surface area contributed by atoms with Crippen molar-refractivity contribution in [1.82, 2.24) is 15.2 Å². The highest BCUT2D eigenvalue weighted by molar-refractivity contribution is 5.90. The fourth-order valence-electron chi connectivity index (χ4n) is 4.24. The van der Waals surface area contributed by atoms with E-state index in [-0.39, 0.29) is 23.6 Å². The molecule has 1 aromatic carbocycles. The number of carbonyl (C=O) groups excluding carboxylic acids is 1. The monoisotopic (exact) mass is 355 g/mol. The van der Waals surface area contributed by atoms with Gasteiger partial charge in [-0.1, -0.05) is 32.9 Å². The fraction of sp³-hybridized carbons (Fsp3) is 0.550. The maximum Gasteiger partial charge on any atom is 0.338 e. The zero-order chi connectivity index (χ0) is 18.3. The van der Waals surface area contributed by atoms with E-state index in [4.69, 9.17) is 9.47 Å². The summed E-state index contributed by atoms with van der Waals surface area (Å²) in [6, 6.07) is 7.27. The van der Waals surface area contributed by atoms with Crippen molar-refractivity contribution in [2.75, 3.05) is 6.61 Å². The quantitative estimate of drug-likeness (QED) is 0.851. The highest BCUT2D eigenvalue weighted by atomic mass is 16.6. The Hall–Kier alpha value is -2.21. The van der Waals surface area contributed by atoms with Gasteiger partial charge in [-0.25, -0.2) is 9.78 Å². The molecule has 6 nitrogen and oxygen atoms in total. The van der Waals surface area contributed by atoms with Crippen LogP contribution in [0.4, 0.5) is 0 Å². The number of nitrogens with one attached hydrogen (secondary N) is 1. The Bertz CT molecular complexity index is 797. The van der Waals surface area contributed by atoms with Crippen molar-refractivity contribution in [1.29, 1.82) is 0 Å². The first kappa shape index (κ1) is 17.2. The molecule has 2 fully saturated rings. The van der Waals surface area contributed by atoms with Gasteiger partial charge >= 0.3 is 5.97 Å². The van der Waals surface area contributed by atoms with Crippen LogP contribution >= 0.6 is 0 Å². The smallest absolute Gasteiger partial charge is 0.338 e. The van der Waals surface area contributed by atoms with Crippen molar-refractivity contribution >= 4 is 5.97 Å². The molecule has 2 heterocycles. The van der Waals surface area contributed by atoms with Gasteiger partial charge in [0.15, 0.2) is 5.82 Å². The third kappa shape index (κ3) is 2.82. The number of aromatic nitrogens is 3. The molecular weight excluding hydrogens is 330 g/mol. The van der Waals surface area contributed by atoms with Crippen LogP contribution in [0.15, 0.2) is 24.3 Å². The maximum absolute atomic E-state index is 12.6. The molecule has 26 heavy (non-hydrogen) atoms. The predicted molar refractivity (Wildman–Crippen MR) is 96.6 cm³/mol. The van der Waals surface area contributed by atoms with E-state index in [1.807, 2.05) is 19.1 Å². The number of H-pyrrole nitrogens is 1. The summed E-state index contributed by atoms with van der Waals surface area (Å²) in [5.41, 5.74) is 1.30. The van der Waals surface area contributed by atoms with E-state index in [1.165, 1.54) is 0 Å². The highest BCUT2D eigenvalue weighted by Crippen LogP contribution is 2.53. The van der Waals surface area contributed by atoms with E-state index in [2.05, 4.69) is 29.0 Å². The van der Waals surface area contributed by atoms with Gasteiger partial charge in [-0.2, -0.15) is 5.10 Å². The van der Waals surface area contributed by atoms with Gasteiger partial charge in [0, 0.05) is 29.9 Å². The van der Waals surface area contributed by atoms with E-state index in [9.17, 15) is 4.79 Å². The summed E-state index contributed by atoms with van der Waals surface area (Å²) in [7, 11) is 0. The number of aryl methyl sites for hydroxylation is 1. The fourth-order valence-corrected chi connectivity index (χ4v) is 4.24. The Labute approximate surface area is 153 Å². The SMILES string of the molecule is CCc1nc(-c2ccc(C(=O)O[C@@H]3[C@@H]4CCCO[C@@H]4C3(C)C)cc2)n[nH]1. The van der Waals surface area contributed by atoms with Crippen molar-refractivity contribution in [3.05, 3.63) is 35.7 Å². The van der Waals surface area contributed by atoms with E-state index < -0.39 is 0 Å². The standard InChI is InChI=1S/C20H25N3O3/c1-4-15-21-18(23-22-15)12-7-9-13(10-8-12)19(24)26-17-14-6-5-11-25-16(14)20(17,2)3/h7-10,14,16-17H,4-6,11H2,1-3H3,(H,21,22,23)/t14-,16+,17-/m1/s1. The van der Waals surface area contributed by atoms with Gasteiger partial charge in [-0.3, -0.25) is 5.10 Å². The lowest BCUT2D eigenvalue weighted by Gasteiger charge is -2.58. The minimum Gasteiger partial charge on any atom is -0.458 e. The first-order valence-corrected chi connectivity index (χ1v) is 9.35. The lowest BCUT2D eigenvalue weighted by molar-refractivity contribution is -0.243. The molecule has 0 radical (unpaired) electrons. The van der Waals surface area contributed by atoms with E-state index in [0.717, 1.165) is 37.3 Å². The molecule has 0 unspecified atom stereocenters. The molecule has 1 saturated carbocycles. The van der Waals surface area contributed by atoms with Crippen LogP contribution in [0.2, 0.25) is 0 Å². The second-order valence-corrected chi connectivity index (χ2v) is 7.78. The molecule has 3 atom stereocenters. The van der Waals surface area contributed by atoms with Gasteiger partial charge in [-0.15, -0.1) is 0 Å². The van der Waals surface area contributed by atoms with Crippen LogP contribution in [-0.4, -0.2) is 40.0 Å². The molecule has 0 bridgehead atoms. The molecule has 0 spiro atoms. The second-order valence-electron chi connectivity index (χ2n) is 7.78. The van der Waals surface area contributed by atoms with Crippen molar-refractivity contribution in [2.45, 2.75) is 52.2 Å². The summed E-state index contributed by atoms with van der Waals surface area (Å²) >= 11 is 0. The van der Waals surface area contributed by atoms with Gasteiger partial charge in [0.2, 0.25) is 0 Å². The van der Waals surface area contributed by atoms with E-state index >= 15 is 0 Å². The summed E-state index contributed by atoms with van der Waals surface area (Å²) in [6.07, 6.45) is 3.03. The molecule has 0 amide bonds. The molecule has 1 saturated heterocycles. The van der Waals surface area contributed by atoms with Gasteiger partial charge in [0.25, 0.3) is 0 Å². The predicted octanol–water partition coefficient (Wildman–Crippen LogP) is 3.39. The Morgan fingerprint density at radius 3 is 2.81 bits per heavy atom. The summed E-state index contributed by atoms with van der Waals surface area (Å²) in [4.78, 5) is 17.0. The van der Waals surface area contributed by atoms with Gasteiger partial charge in [0.1, 0.15) is 11.9 Å². The van der Waals surface area contributed by atoms with E-state index in [1.54, 1.807) is 12.1 Å². The lowest BCUT2D eigenvalue weighted by Crippen LogP contribution is -2.65. The number of carbonyl (C=O) groups is 1. The number of aromatic amines is 1. The number of fused-ring (bicyclic) bond motifs is 1. The highest BCUT2D eigenvalue weighted by Gasteiger charge is 2.60. The summed E-state index contributed by atoms with van der Waals surface area (Å²) < 4.78 is 11.7. The molecule has 1 aromatic heterocycles. The van der Waals surface area contributed by atoms with Gasteiger partial charge in [-0.05, 0) is 25.0 Å². The first-order chi connectivity index (χ1) is 12.5. The third-order valence-electron chi connectivity index (χ3n) is 5.70. The topological polar surface area (TPSA) is 77.1 Å². The number of rotatable bonds is 4. The maximum atomic E-state index is 12.6. The zero-order valence-electron chi connectivity index (χ0n) is 15.5. The molecule has 1 N–H and O–H groups in total. The summed E-state index contributed by atoms with van der Waals surface area (Å²) in [5, 5.41) is 7.10. The number of hydrogen-bond donors (Lipinski definition) is 1. The Morgan fingerprint density at radius 1 is 1.35 bits per heavy atom. The van der Waals surface area contributed by atoms with Crippen molar-refractivity contribution in [3.8, 4) is 11.4 Å². The first-order valence-electron chi connectivity index (χ1n) is 9.35. The largest absolute Gasteiger partial charge is 0.458 e. The summed E-state index contributed by atoms with van der Waals surface area (Å²) in [6.45, 7) is 7.07. The number of ether oxygens (including phenoxy) is 2. The molecule has 6 heteroatoms. The van der Waals surface area contributed by atoms with Crippen molar-refractivity contribution in [3.63, 3.8) is 0 Å². The number of hydrogen-bond acceptors (Lipinski definition) is 5. The van der Waals surface area contributed by atoms with Crippen molar-refractivity contribution in [2.24, 2.45) is 11.3 Å². The minimum absolute atomic E-state index is 0.0832. The van der Waals surface area contributed by atoms with Crippen LogP contribution in [0.3, 0.4) is 0 Å².